The second-order valence-corrected chi connectivity index (χ2v) is 18.1. The van der Waals surface area contributed by atoms with Crippen molar-refractivity contribution in [1.82, 2.24) is 24.2 Å². The Morgan fingerprint density at radius 2 is 1.89 bits per heavy atom. The molecule has 2 saturated carbocycles. The Labute approximate surface area is 317 Å². The van der Waals surface area contributed by atoms with Gasteiger partial charge in [0.05, 0.1) is 28.0 Å². The van der Waals surface area contributed by atoms with Crippen LogP contribution in [-0.2, 0) is 24.4 Å². The number of H-pyrrole nitrogens is 1. The molecule has 3 heterocycles. The molecule has 1 aliphatic heterocycles. The van der Waals surface area contributed by atoms with Crippen molar-refractivity contribution in [2.45, 2.75) is 122 Å². The van der Waals surface area contributed by atoms with Crippen LogP contribution in [0.4, 0.5) is 0 Å². The van der Waals surface area contributed by atoms with Gasteiger partial charge in [0.2, 0.25) is 27.7 Å². The van der Waals surface area contributed by atoms with Crippen LogP contribution in [0.1, 0.15) is 117 Å². The van der Waals surface area contributed by atoms with E-state index < -0.39 is 26.7 Å². The molecular formula is C38H57N7O6S2. The third-order valence-electron chi connectivity index (χ3n) is 10.1. The maximum Gasteiger partial charge on any atom is 0.326 e. The summed E-state index contributed by atoms with van der Waals surface area (Å²) in [5.74, 6) is -0.450. The number of hydrogen-bond donors (Lipinski definition) is 4. The molecule has 6 N–H and O–H groups in total. The van der Waals surface area contributed by atoms with Gasteiger partial charge in [0, 0.05) is 29.4 Å². The first kappa shape index (κ1) is 41.9. The van der Waals surface area contributed by atoms with Gasteiger partial charge >= 0.3 is 5.69 Å². The molecule has 15 heteroatoms. The molecule has 1 saturated heterocycles. The fraction of sp³-hybridized carbons (Fsp3) is 0.605. The van der Waals surface area contributed by atoms with Crippen molar-refractivity contribution in [3.05, 3.63) is 51.9 Å². The van der Waals surface area contributed by atoms with Crippen LogP contribution in [0.25, 0.3) is 21.6 Å². The number of carbonyl (C=O) groups is 3. The van der Waals surface area contributed by atoms with Crippen LogP contribution in [0.15, 0.2) is 40.5 Å². The highest BCUT2D eigenvalue weighted by atomic mass is 32.2. The molecule has 292 valence electrons. The summed E-state index contributed by atoms with van der Waals surface area (Å²) in [5, 5.41) is 3.05. The summed E-state index contributed by atoms with van der Waals surface area (Å²) < 4.78 is 27.2. The number of allylic oxidation sites excluding steroid dienone is 2. The number of benzene rings is 1. The number of nitrogens with one attached hydrogen (secondary N) is 2. The van der Waals surface area contributed by atoms with E-state index in [1.165, 1.54) is 24.2 Å². The number of nitrogens with zero attached hydrogens (tertiary/aromatic N) is 3. The normalized spacial score (nSPS) is 20.2. The highest BCUT2D eigenvalue weighted by Crippen LogP contribution is 2.44. The molecule has 3 aliphatic rings. The molecule has 3 amide bonds. The predicted octanol–water partition coefficient (Wildman–Crippen LogP) is 5.34. The summed E-state index contributed by atoms with van der Waals surface area (Å²) in [7, 11) is -3.47. The fourth-order valence-corrected chi connectivity index (χ4v) is 8.60. The Balaban J connectivity index is 0.000000185. The average Bonchev–Trinajstić information content (AvgIpc) is 3.83. The topological polar surface area (TPSA) is 203 Å². The maximum absolute atomic E-state index is 12.2. The molecule has 13 nitrogen and oxygen atoms in total. The second-order valence-electron chi connectivity index (χ2n) is 15.0. The molecule has 3 fully saturated rings. The van der Waals surface area contributed by atoms with E-state index in [-0.39, 0.29) is 41.9 Å². The van der Waals surface area contributed by atoms with Crippen LogP contribution >= 0.6 is 11.3 Å². The Bertz CT molecular complexity index is 1940. The van der Waals surface area contributed by atoms with Crippen LogP contribution in [0.5, 0.6) is 0 Å². The van der Waals surface area contributed by atoms with Crippen LogP contribution in [0.3, 0.4) is 0 Å². The first-order valence-electron chi connectivity index (χ1n) is 18.8. The Kier molecular flexibility index (Phi) is 14.2. The van der Waals surface area contributed by atoms with Gasteiger partial charge in [0.15, 0.2) is 0 Å². The van der Waals surface area contributed by atoms with Gasteiger partial charge in [0.1, 0.15) is 11.0 Å². The molecule has 3 atom stereocenters. The smallest absolute Gasteiger partial charge is 0.326 e. The summed E-state index contributed by atoms with van der Waals surface area (Å²) in [6.45, 7) is 12.7. The van der Waals surface area contributed by atoms with Crippen molar-refractivity contribution in [2.75, 3.05) is 13.1 Å². The SMILES string of the molecule is CC(C)c1csc(-c2cccc3c2[nH]c(=O)n3C(C)C)n1.CCCCC/C=C\C1CC1C(=O)NS(=O)(=O)C1(C)CC1.NCC(=O)N1CCCC1C(N)=O. The van der Waals surface area contributed by atoms with Gasteiger partial charge in [-0.25, -0.2) is 18.2 Å². The highest BCUT2D eigenvalue weighted by molar-refractivity contribution is 7.91. The van der Waals surface area contributed by atoms with E-state index >= 15 is 0 Å². The van der Waals surface area contributed by atoms with Gasteiger partial charge in [-0.2, -0.15) is 0 Å². The van der Waals surface area contributed by atoms with E-state index in [9.17, 15) is 27.6 Å². The van der Waals surface area contributed by atoms with E-state index in [1.54, 1.807) is 22.8 Å². The quantitative estimate of drug-likeness (QED) is 0.132. The molecule has 53 heavy (non-hydrogen) atoms. The number of imidazole rings is 1. The molecule has 2 aromatic heterocycles. The molecule has 0 bridgehead atoms. The Hall–Kier alpha value is -3.82. The minimum atomic E-state index is -3.47. The zero-order valence-corrected chi connectivity index (χ0v) is 33.5. The number of fused-ring (bicyclic) bond motifs is 1. The number of unbranched alkanes of at least 4 members (excludes halogenated alkanes) is 3. The fourth-order valence-electron chi connectivity index (χ4n) is 6.28. The van der Waals surface area contributed by atoms with Gasteiger partial charge in [-0.3, -0.25) is 23.7 Å². The van der Waals surface area contributed by atoms with Crippen molar-refractivity contribution >= 4 is 50.1 Å². The van der Waals surface area contributed by atoms with Crippen LogP contribution < -0.4 is 21.9 Å². The summed E-state index contributed by atoms with van der Waals surface area (Å²) in [5.41, 5.74) is 14.1. The second kappa shape index (κ2) is 18.0. The first-order valence-corrected chi connectivity index (χ1v) is 21.1. The maximum atomic E-state index is 12.2. The van der Waals surface area contributed by atoms with Crippen molar-refractivity contribution in [2.24, 2.45) is 23.3 Å². The number of para-hydroxylation sites is 1. The van der Waals surface area contributed by atoms with Crippen molar-refractivity contribution < 1.29 is 22.8 Å². The number of sulfonamides is 1. The lowest BCUT2D eigenvalue weighted by Crippen LogP contribution is -2.45. The van der Waals surface area contributed by atoms with Crippen molar-refractivity contribution in [1.29, 1.82) is 0 Å². The number of rotatable bonds is 13. The molecule has 3 aromatic rings. The lowest BCUT2D eigenvalue weighted by molar-refractivity contribution is -0.136. The summed E-state index contributed by atoms with van der Waals surface area (Å²) in [4.78, 5) is 55.2. The van der Waals surface area contributed by atoms with E-state index in [0.717, 1.165) is 46.6 Å². The van der Waals surface area contributed by atoms with Crippen molar-refractivity contribution in [3.63, 3.8) is 0 Å². The molecule has 0 spiro atoms. The Morgan fingerprint density at radius 1 is 1.17 bits per heavy atom. The monoisotopic (exact) mass is 771 g/mol. The average molecular weight is 772 g/mol. The zero-order valence-electron chi connectivity index (χ0n) is 31.9. The number of likely N-dealkylation sites (tertiary alicyclic amines) is 1. The van der Waals surface area contributed by atoms with E-state index in [2.05, 4.69) is 48.0 Å². The number of hydrogen-bond acceptors (Lipinski definition) is 9. The number of nitrogens with two attached hydrogens (primary N) is 2. The largest absolute Gasteiger partial charge is 0.368 e. The minimum Gasteiger partial charge on any atom is -0.368 e. The summed E-state index contributed by atoms with van der Waals surface area (Å²) >= 11 is 1.63. The summed E-state index contributed by atoms with van der Waals surface area (Å²) in [6, 6.07) is 5.69. The standard InChI is InChI=1S/C16H19N3OS.C15H25NO3S.C7H13N3O2/c1-9(2)12-8-21-15(17-12)11-6-5-7-13-14(11)18-16(20)19(13)10(3)4;1-3-4-5-6-7-8-12-11-13(12)14(17)16-20(18,19)15(2)9-10-15;8-4-6(11)10-3-1-2-5(10)7(9)12/h5-10H,1-4H3,(H,18,20);7-8,12-13H,3-6,9-11H2,1-2H3,(H,16,17);5H,1-4,8H2,(H2,9,12)/b;8-7-;. The first-order chi connectivity index (χ1) is 25.0. The van der Waals surface area contributed by atoms with E-state index in [4.69, 9.17) is 16.5 Å². The Morgan fingerprint density at radius 3 is 2.47 bits per heavy atom. The summed E-state index contributed by atoms with van der Waals surface area (Å²) in [6.07, 6.45) is 12.5. The number of carbonyl (C=O) groups excluding carboxylic acids is 3. The van der Waals surface area contributed by atoms with Gasteiger partial charge < -0.3 is 21.4 Å². The zero-order chi connectivity index (χ0) is 39.1. The molecule has 2 aliphatic carbocycles. The highest BCUT2D eigenvalue weighted by Gasteiger charge is 2.52. The van der Waals surface area contributed by atoms with Crippen LogP contribution in [0.2, 0.25) is 0 Å². The molecule has 0 radical (unpaired) electrons. The van der Waals surface area contributed by atoms with E-state index in [1.807, 2.05) is 32.0 Å². The van der Waals surface area contributed by atoms with Gasteiger partial charge in [-0.15, -0.1) is 11.3 Å². The third kappa shape index (κ3) is 10.4. The van der Waals surface area contributed by atoms with E-state index in [0.29, 0.717) is 31.7 Å². The number of amides is 3. The predicted molar refractivity (Wildman–Crippen MR) is 211 cm³/mol. The lowest BCUT2D eigenvalue weighted by atomic mass is 10.1. The van der Waals surface area contributed by atoms with Crippen LogP contribution in [0, 0.1) is 11.8 Å². The minimum absolute atomic E-state index is 0.0518. The number of aromatic nitrogens is 3. The third-order valence-corrected chi connectivity index (χ3v) is 13.1. The molecule has 3 unspecified atom stereocenters. The van der Waals surface area contributed by atoms with Gasteiger partial charge in [-0.05, 0) is 89.7 Å². The molecular weight excluding hydrogens is 715 g/mol. The molecule has 1 aromatic carbocycles. The number of aromatic amines is 1. The van der Waals surface area contributed by atoms with Gasteiger partial charge in [-0.1, -0.05) is 51.8 Å². The lowest BCUT2D eigenvalue weighted by Gasteiger charge is -2.20. The number of primary amides is 1. The van der Waals surface area contributed by atoms with Gasteiger partial charge in [0.25, 0.3) is 0 Å². The number of thiazole rings is 1. The molecule has 6 rings (SSSR count). The van der Waals surface area contributed by atoms with Crippen LogP contribution in [-0.4, -0.2) is 69.5 Å². The van der Waals surface area contributed by atoms with Crippen molar-refractivity contribution in [3.8, 4) is 10.6 Å².